The van der Waals surface area contributed by atoms with Gasteiger partial charge in [-0.2, -0.15) is 0 Å². The monoisotopic (exact) mass is 386 g/mol. The van der Waals surface area contributed by atoms with Gasteiger partial charge in [0.05, 0.1) is 6.42 Å². The van der Waals surface area contributed by atoms with E-state index in [1.165, 1.54) is 6.92 Å². The Labute approximate surface area is 164 Å². The number of carbonyl (C=O) groups is 3. The van der Waals surface area contributed by atoms with Crippen LogP contribution in [0.2, 0.25) is 0 Å². The van der Waals surface area contributed by atoms with Crippen LogP contribution in [0.4, 0.5) is 4.79 Å². The van der Waals surface area contributed by atoms with Gasteiger partial charge in [-0.15, -0.1) is 0 Å². The second kappa shape index (κ2) is 9.21. The number of urea groups is 1. The van der Waals surface area contributed by atoms with Crippen LogP contribution in [0, 0.1) is 0 Å². The number of hydrogen-bond acceptors (Lipinski definition) is 5. The lowest BCUT2D eigenvalue weighted by Gasteiger charge is -2.21. The van der Waals surface area contributed by atoms with Gasteiger partial charge in [-0.25, -0.2) is 4.79 Å². The Morgan fingerprint density at radius 1 is 1.07 bits per heavy atom. The second-order valence-corrected chi connectivity index (χ2v) is 7.46. The summed E-state index contributed by atoms with van der Waals surface area (Å²) in [7, 11) is 0. The first-order valence-corrected chi connectivity index (χ1v) is 9.10. The van der Waals surface area contributed by atoms with E-state index in [2.05, 4.69) is 10.6 Å². The molecule has 1 aromatic carbocycles. The molecular weight excluding hydrogens is 360 g/mol. The zero-order valence-electron chi connectivity index (χ0n) is 16.6. The van der Waals surface area contributed by atoms with E-state index in [9.17, 15) is 14.4 Å². The van der Waals surface area contributed by atoms with Crippen LogP contribution in [0.3, 0.4) is 0 Å². The SMILES string of the molecule is CC(OC(=O)CCc1ccc(-c2ccccc2)o1)C(=O)NC(=O)NC(C)(C)C. The molecule has 150 valence electrons. The second-order valence-electron chi connectivity index (χ2n) is 7.46. The van der Waals surface area contributed by atoms with Gasteiger partial charge in [-0.3, -0.25) is 14.9 Å². The quantitative estimate of drug-likeness (QED) is 0.741. The van der Waals surface area contributed by atoms with Crippen LogP contribution in [-0.4, -0.2) is 29.6 Å². The molecule has 0 aliphatic rings. The Hall–Kier alpha value is -3.09. The van der Waals surface area contributed by atoms with Crippen molar-refractivity contribution in [3.05, 3.63) is 48.2 Å². The first-order valence-electron chi connectivity index (χ1n) is 9.10. The number of amides is 3. The summed E-state index contributed by atoms with van der Waals surface area (Å²) in [5.41, 5.74) is 0.474. The highest BCUT2D eigenvalue weighted by atomic mass is 16.5. The van der Waals surface area contributed by atoms with E-state index in [1.807, 2.05) is 42.5 Å². The van der Waals surface area contributed by atoms with E-state index >= 15 is 0 Å². The van der Waals surface area contributed by atoms with E-state index in [4.69, 9.17) is 9.15 Å². The maximum Gasteiger partial charge on any atom is 0.321 e. The number of aryl methyl sites for hydroxylation is 1. The highest BCUT2D eigenvalue weighted by molar-refractivity contribution is 5.97. The van der Waals surface area contributed by atoms with Crippen LogP contribution in [0.25, 0.3) is 11.3 Å². The lowest BCUT2D eigenvalue weighted by molar-refractivity contribution is -0.154. The number of rotatable bonds is 6. The van der Waals surface area contributed by atoms with E-state index in [1.54, 1.807) is 20.8 Å². The third kappa shape index (κ3) is 6.90. The van der Waals surface area contributed by atoms with Crippen molar-refractivity contribution in [1.82, 2.24) is 10.6 Å². The average Bonchev–Trinajstić information content (AvgIpc) is 3.08. The number of esters is 1. The standard InChI is InChI=1S/C21H26N2O5/c1-14(19(25)22-20(26)23-21(2,3)4)27-18(24)13-11-16-10-12-17(28-16)15-8-6-5-7-9-15/h5-10,12,14H,11,13H2,1-4H3,(H2,22,23,25,26). The van der Waals surface area contributed by atoms with Gasteiger partial charge in [0.1, 0.15) is 11.5 Å². The van der Waals surface area contributed by atoms with Gasteiger partial charge in [0.2, 0.25) is 0 Å². The third-order valence-electron chi connectivity index (χ3n) is 3.70. The summed E-state index contributed by atoms with van der Waals surface area (Å²) in [6.45, 7) is 6.78. The number of imide groups is 1. The number of ether oxygens (including phenoxy) is 1. The van der Waals surface area contributed by atoms with Gasteiger partial charge in [0.15, 0.2) is 6.10 Å². The molecule has 0 aliphatic heterocycles. The summed E-state index contributed by atoms with van der Waals surface area (Å²) in [5.74, 6) is 0.148. The summed E-state index contributed by atoms with van der Waals surface area (Å²) in [6.07, 6.45) is -0.660. The van der Waals surface area contributed by atoms with Crippen molar-refractivity contribution in [1.29, 1.82) is 0 Å². The van der Waals surface area contributed by atoms with Crippen LogP contribution in [0.1, 0.15) is 39.9 Å². The minimum absolute atomic E-state index is 0.0630. The molecule has 0 fully saturated rings. The van der Waals surface area contributed by atoms with Crippen LogP contribution < -0.4 is 10.6 Å². The van der Waals surface area contributed by atoms with Crippen molar-refractivity contribution < 1.29 is 23.5 Å². The van der Waals surface area contributed by atoms with Crippen LogP contribution in [0.5, 0.6) is 0 Å². The molecule has 0 aliphatic carbocycles. The molecule has 1 atom stereocenters. The predicted octanol–water partition coefficient (Wildman–Crippen LogP) is 3.44. The van der Waals surface area contributed by atoms with Crippen molar-refractivity contribution in [3.63, 3.8) is 0 Å². The molecule has 28 heavy (non-hydrogen) atoms. The van der Waals surface area contributed by atoms with E-state index in [0.29, 0.717) is 12.2 Å². The van der Waals surface area contributed by atoms with Crippen LogP contribution in [0.15, 0.2) is 46.9 Å². The van der Waals surface area contributed by atoms with Crippen molar-refractivity contribution in [2.24, 2.45) is 0 Å². The van der Waals surface area contributed by atoms with E-state index < -0.39 is 29.6 Å². The van der Waals surface area contributed by atoms with Crippen LogP contribution >= 0.6 is 0 Å². The lowest BCUT2D eigenvalue weighted by atomic mass is 10.1. The summed E-state index contributed by atoms with van der Waals surface area (Å²) in [5, 5.41) is 4.75. The molecule has 2 N–H and O–H groups in total. The highest BCUT2D eigenvalue weighted by Gasteiger charge is 2.22. The number of carbonyl (C=O) groups excluding carboxylic acids is 3. The summed E-state index contributed by atoms with van der Waals surface area (Å²) < 4.78 is 10.8. The lowest BCUT2D eigenvalue weighted by Crippen LogP contribution is -2.50. The Kier molecular flexibility index (Phi) is 6.98. The first kappa shape index (κ1) is 21.2. The van der Waals surface area contributed by atoms with Gasteiger partial charge in [-0.05, 0) is 39.8 Å². The minimum Gasteiger partial charge on any atom is -0.461 e. The molecule has 7 heteroatoms. The summed E-state index contributed by atoms with van der Waals surface area (Å²) >= 11 is 0. The topological polar surface area (TPSA) is 97.6 Å². The highest BCUT2D eigenvalue weighted by Crippen LogP contribution is 2.22. The summed E-state index contributed by atoms with van der Waals surface area (Å²) in [4.78, 5) is 35.6. The fraction of sp³-hybridized carbons (Fsp3) is 0.381. The average molecular weight is 386 g/mol. The molecule has 0 spiro atoms. The molecule has 0 saturated carbocycles. The van der Waals surface area contributed by atoms with Gasteiger partial charge in [0, 0.05) is 17.5 Å². The fourth-order valence-corrected chi connectivity index (χ4v) is 2.39. The number of furan rings is 1. The Morgan fingerprint density at radius 2 is 1.75 bits per heavy atom. The molecular formula is C21H26N2O5. The fourth-order valence-electron chi connectivity index (χ4n) is 2.39. The summed E-state index contributed by atoms with van der Waals surface area (Å²) in [6, 6.07) is 12.7. The molecule has 3 amide bonds. The molecule has 1 heterocycles. The Morgan fingerprint density at radius 3 is 2.39 bits per heavy atom. The third-order valence-corrected chi connectivity index (χ3v) is 3.70. The maximum atomic E-state index is 12.0. The van der Waals surface area contributed by atoms with Crippen molar-refractivity contribution in [3.8, 4) is 11.3 Å². The Balaban J connectivity index is 1.78. The predicted molar refractivity (Wildman–Crippen MR) is 104 cm³/mol. The van der Waals surface area contributed by atoms with Gasteiger partial charge < -0.3 is 14.5 Å². The van der Waals surface area contributed by atoms with Crippen molar-refractivity contribution >= 4 is 17.9 Å². The molecule has 2 aromatic rings. The molecule has 0 radical (unpaired) electrons. The number of hydrogen-bond donors (Lipinski definition) is 2. The number of benzene rings is 1. The van der Waals surface area contributed by atoms with Crippen molar-refractivity contribution in [2.45, 2.75) is 52.2 Å². The molecule has 0 saturated heterocycles. The number of nitrogens with one attached hydrogen (secondary N) is 2. The Bertz CT molecular complexity index is 821. The zero-order valence-corrected chi connectivity index (χ0v) is 16.6. The molecule has 1 unspecified atom stereocenters. The molecule has 7 nitrogen and oxygen atoms in total. The van der Waals surface area contributed by atoms with Gasteiger partial charge in [0.25, 0.3) is 5.91 Å². The van der Waals surface area contributed by atoms with Crippen molar-refractivity contribution in [2.75, 3.05) is 0 Å². The van der Waals surface area contributed by atoms with E-state index in [-0.39, 0.29) is 6.42 Å². The smallest absolute Gasteiger partial charge is 0.321 e. The minimum atomic E-state index is -1.07. The van der Waals surface area contributed by atoms with E-state index in [0.717, 1.165) is 11.3 Å². The zero-order chi connectivity index (χ0) is 20.7. The van der Waals surface area contributed by atoms with Gasteiger partial charge >= 0.3 is 12.0 Å². The molecule has 0 bridgehead atoms. The maximum absolute atomic E-state index is 12.0. The molecule has 1 aromatic heterocycles. The van der Waals surface area contributed by atoms with Gasteiger partial charge in [-0.1, -0.05) is 30.3 Å². The first-order chi connectivity index (χ1) is 13.1. The normalized spacial score (nSPS) is 12.1. The largest absolute Gasteiger partial charge is 0.461 e. The molecule has 2 rings (SSSR count). The van der Waals surface area contributed by atoms with Crippen LogP contribution in [-0.2, 0) is 20.7 Å².